The van der Waals surface area contributed by atoms with Gasteiger partial charge in [0, 0.05) is 37.1 Å². The van der Waals surface area contributed by atoms with Gasteiger partial charge in [0.1, 0.15) is 5.69 Å². The lowest BCUT2D eigenvalue weighted by atomic mass is 10.2. The number of nitrogens with zero attached hydrogens (tertiary/aromatic N) is 2. The van der Waals surface area contributed by atoms with E-state index in [1.807, 2.05) is 41.9 Å². The summed E-state index contributed by atoms with van der Waals surface area (Å²) in [6, 6.07) is 10.6. The summed E-state index contributed by atoms with van der Waals surface area (Å²) in [6.07, 6.45) is 2.61. The minimum atomic E-state index is -0.0316. The van der Waals surface area contributed by atoms with Gasteiger partial charge in [-0.15, -0.1) is 0 Å². The van der Waals surface area contributed by atoms with Gasteiger partial charge < -0.3 is 14.6 Å². The summed E-state index contributed by atoms with van der Waals surface area (Å²) in [5.74, 6) is -0.0316. The summed E-state index contributed by atoms with van der Waals surface area (Å²) in [5, 5.41) is 4.13. The Kier molecular flexibility index (Phi) is 3.83. The van der Waals surface area contributed by atoms with Crippen molar-refractivity contribution in [1.29, 1.82) is 0 Å². The van der Waals surface area contributed by atoms with E-state index in [0.717, 1.165) is 24.1 Å². The zero-order valence-electron chi connectivity index (χ0n) is 13.5. The van der Waals surface area contributed by atoms with Gasteiger partial charge in [-0.1, -0.05) is 18.2 Å². The molecular weight excluding hydrogens is 290 g/mol. The number of carbonyl (C=O) groups is 1. The molecule has 3 heterocycles. The Hall–Kier alpha value is -1.85. The maximum absolute atomic E-state index is 12.5. The smallest absolute Gasteiger partial charge is 0.268 e. The molecule has 2 fully saturated rings. The average Bonchev–Trinajstić information content (AvgIpc) is 3.17. The van der Waals surface area contributed by atoms with Crippen LogP contribution in [0.15, 0.2) is 30.3 Å². The molecule has 0 unspecified atom stereocenters. The Morgan fingerprint density at radius 1 is 1.39 bits per heavy atom. The standard InChI is InChI=1S/C18H23N3O2/c1-20-16-7-3-2-5-13(16)9-17(20)18(22)19-10-15-11-21-8-4-6-14(21)12-23-15/h2-3,5,7,9,14-15H,4,6,8,10-12H2,1H3,(H,19,22)/t14-,15+/m0/s1. The molecule has 1 N–H and O–H groups in total. The second-order valence-corrected chi connectivity index (χ2v) is 6.60. The van der Waals surface area contributed by atoms with E-state index in [1.54, 1.807) is 0 Å². The van der Waals surface area contributed by atoms with Crippen molar-refractivity contribution in [2.45, 2.75) is 25.0 Å². The summed E-state index contributed by atoms with van der Waals surface area (Å²) in [4.78, 5) is 15.0. The summed E-state index contributed by atoms with van der Waals surface area (Å²) < 4.78 is 7.85. The highest BCUT2D eigenvalue weighted by molar-refractivity contribution is 5.98. The van der Waals surface area contributed by atoms with Gasteiger partial charge in [-0.25, -0.2) is 0 Å². The Labute approximate surface area is 136 Å². The highest BCUT2D eigenvalue weighted by Crippen LogP contribution is 2.22. The Morgan fingerprint density at radius 2 is 2.26 bits per heavy atom. The number of carbonyl (C=O) groups excluding carboxylic acids is 1. The van der Waals surface area contributed by atoms with Gasteiger partial charge in [0.05, 0.1) is 12.7 Å². The van der Waals surface area contributed by atoms with Crippen molar-refractivity contribution in [1.82, 2.24) is 14.8 Å². The molecule has 0 bridgehead atoms. The quantitative estimate of drug-likeness (QED) is 0.939. The molecule has 122 valence electrons. The number of fused-ring (bicyclic) bond motifs is 2. The molecule has 5 nitrogen and oxygen atoms in total. The van der Waals surface area contributed by atoms with Gasteiger partial charge in [0.25, 0.3) is 5.91 Å². The van der Waals surface area contributed by atoms with Crippen LogP contribution in [0, 0.1) is 0 Å². The van der Waals surface area contributed by atoms with E-state index in [1.165, 1.54) is 19.4 Å². The molecule has 2 aliphatic heterocycles. The number of aryl methyl sites for hydroxylation is 1. The maximum Gasteiger partial charge on any atom is 0.268 e. The normalized spacial score (nSPS) is 24.7. The minimum absolute atomic E-state index is 0.0316. The van der Waals surface area contributed by atoms with E-state index in [2.05, 4.69) is 10.2 Å². The van der Waals surface area contributed by atoms with Gasteiger partial charge in [-0.2, -0.15) is 0 Å². The van der Waals surface area contributed by atoms with Crippen LogP contribution in [0.5, 0.6) is 0 Å². The Balaban J connectivity index is 1.40. The number of benzene rings is 1. The van der Waals surface area contributed by atoms with Gasteiger partial charge in [0.15, 0.2) is 0 Å². The number of nitrogens with one attached hydrogen (secondary N) is 1. The number of hydrogen-bond donors (Lipinski definition) is 1. The highest BCUT2D eigenvalue weighted by Gasteiger charge is 2.32. The zero-order valence-corrected chi connectivity index (χ0v) is 13.5. The first-order valence-corrected chi connectivity index (χ1v) is 8.40. The van der Waals surface area contributed by atoms with Gasteiger partial charge >= 0.3 is 0 Å². The molecule has 1 aromatic heterocycles. The van der Waals surface area contributed by atoms with Gasteiger partial charge in [-0.05, 0) is 31.5 Å². The average molecular weight is 313 g/mol. The minimum Gasteiger partial charge on any atom is -0.373 e. The van der Waals surface area contributed by atoms with E-state index in [-0.39, 0.29) is 12.0 Å². The molecule has 23 heavy (non-hydrogen) atoms. The fourth-order valence-corrected chi connectivity index (χ4v) is 3.81. The molecule has 0 aliphatic carbocycles. The molecule has 0 saturated carbocycles. The molecule has 1 amide bonds. The van der Waals surface area contributed by atoms with E-state index in [9.17, 15) is 4.79 Å². The molecule has 0 radical (unpaired) electrons. The van der Waals surface area contributed by atoms with Crippen LogP contribution in [0.2, 0.25) is 0 Å². The Morgan fingerprint density at radius 3 is 3.13 bits per heavy atom. The van der Waals surface area contributed by atoms with Crippen LogP contribution < -0.4 is 5.32 Å². The fraction of sp³-hybridized carbons (Fsp3) is 0.500. The molecule has 2 atom stereocenters. The summed E-state index contributed by atoms with van der Waals surface area (Å²) in [6.45, 7) is 3.47. The van der Waals surface area contributed by atoms with Crippen LogP contribution in [0.4, 0.5) is 0 Å². The number of amides is 1. The van der Waals surface area contributed by atoms with Crippen LogP contribution in [-0.2, 0) is 11.8 Å². The summed E-state index contributed by atoms with van der Waals surface area (Å²) in [7, 11) is 1.93. The third kappa shape index (κ3) is 2.75. The van der Waals surface area contributed by atoms with E-state index in [0.29, 0.717) is 18.3 Å². The monoisotopic (exact) mass is 313 g/mol. The molecule has 4 rings (SSSR count). The fourth-order valence-electron chi connectivity index (χ4n) is 3.81. The topological polar surface area (TPSA) is 46.5 Å². The van der Waals surface area contributed by atoms with Crippen molar-refractivity contribution in [3.05, 3.63) is 36.0 Å². The summed E-state index contributed by atoms with van der Waals surface area (Å²) in [5.41, 5.74) is 1.77. The van der Waals surface area contributed by atoms with E-state index in [4.69, 9.17) is 4.74 Å². The molecular formula is C18H23N3O2. The lowest BCUT2D eigenvalue weighted by molar-refractivity contribution is -0.0462. The Bertz CT molecular complexity index is 724. The largest absolute Gasteiger partial charge is 0.373 e. The van der Waals surface area contributed by atoms with E-state index < -0.39 is 0 Å². The van der Waals surface area contributed by atoms with Crippen LogP contribution in [0.3, 0.4) is 0 Å². The van der Waals surface area contributed by atoms with Gasteiger partial charge in [0.2, 0.25) is 0 Å². The first-order chi connectivity index (χ1) is 11.2. The van der Waals surface area contributed by atoms with Crippen molar-refractivity contribution in [2.24, 2.45) is 7.05 Å². The lowest BCUT2D eigenvalue weighted by Crippen LogP contribution is -2.50. The van der Waals surface area contributed by atoms with Crippen LogP contribution >= 0.6 is 0 Å². The van der Waals surface area contributed by atoms with Crippen LogP contribution in [0.1, 0.15) is 23.3 Å². The maximum atomic E-state index is 12.5. The number of ether oxygens (including phenoxy) is 1. The van der Waals surface area contributed by atoms with Crippen molar-refractivity contribution in [2.75, 3.05) is 26.2 Å². The predicted molar refractivity (Wildman–Crippen MR) is 89.6 cm³/mol. The first kappa shape index (κ1) is 14.7. The zero-order chi connectivity index (χ0) is 15.8. The van der Waals surface area contributed by atoms with Crippen molar-refractivity contribution in [3.63, 3.8) is 0 Å². The van der Waals surface area contributed by atoms with Crippen molar-refractivity contribution in [3.8, 4) is 0 Å². The van der Waals surface area contributed by atoms with Gasteiger partial charge in [-0.3, -0.25) is 9.69 Å². The number of aromatic nitrogens is 1. The molecule has 2 aromatic rings. The number of rotatable bonds is 3. The lowest BCUT2D eigenvalue weighted by Gasteiger charge is -2.35. The predicted octanol–water partition coefficient (Wildman–Crippen LogP) is 1.77. The van der Waals surface area contributed by atoms with E-state index >= 15 is 0 Å². The molecule has 2 aliphatic rings. The number of hydrogen-bond acceptors (Lipinski definition) is 3. The summed E-state index contributed by atoms with van der Waals surface area (Å²) >= 11 is 0. The molecule has 1 aromatic carbocycles. The van der Waals surface area contributed by atoms with Crippen LogP contribution in [-0.4, -0.2) is 53.8 Å². The molecule has 5 heteroatoms. The highest BCUT2D eigenvalue weighted by atomic mass is 16.5. The SMILES string of the molecule is Cn1c(C(=O)NC[C@@H]2CN3CCC[C@H]3CO2)cc2ccccc21. The third-order valence-corrected chi connectivity index (χ3v) is 5.14. The second-order valence-electron chi connectivity index (χ2n) is 6.60. The first-order valence-electron chi connectivity index (χ1n) is 8.40. The van der Waals surface area contributed by atoms with Crippen LogP contribution in [0.25, 0.3) is 10.9 Å². The number of para-hydroxylation sites is 1. The number of morpholine rings is 1. The second kappa shape index (κ2) is 5.98. The van der Waals surface area contributed by atoms with Crippen molar-refractivity contribution < 1.29 is 9.53 Å². The van der Waals surface area contributed by atoms with Crippen molar-refractivity contribution >= 4 is 16.8 Å². The molecule has 0 spiro atoms. The molecule has 2 saturated heterocycles. The third-order valence-electron chi connectivity index (χ3n) is 5.14.